The van der Waals surface area contributed by atoms with Gasteiger partial charge in [-0.25, -0.2) is 4.98 Å². The lowest BCUT2D eigenvalue weighted by Crippen LogP contribution is -2.39. The number of carbonyl (C=O) groups is 1. The largest absolute Gasteiger partial charge is 0.379 e. The lowest BCUT2D eigenvalue weighted by Gasteiger charge is -2.27. The zero-order valence-corrected chi connectivity index (χ0v) is 19.4. The summed E-state index contributed by atoms with van der Waals surface area (Å²) in [6.45, 7) is 7.13. The Bertz CT molecular complexity index is 1020. The summed E-state index contributed by atoms with van der Waals surface area (Å²) >= 11 is 7.79. The number of halogens is 1. The molecule has 0 unspecified atom stereocenters. The van der Waals surface area contributed by atoms with Gasteiger partial charge in [-0.3, -0.25) is 14.6 Å². The van der Waals surface area contributed by atoms with E-state index in [9.17, 15) is 4.79 Å². The summed E-state index contributed by atoms with van der Waals surface area (Å²) in [6, 6.07) is 14.0. The van der Waals surface area contributed by atoms with E-state index in [0.717, 1.165) is 66.6 Å². The first kappa shape index (κ1) is 22.2. The molecule has 7 heteroatoms. The van der Waals surface area contributed by atoms with Crippen molar-refractivity contribution in [3.63, 3.8) is 0 Å². The molecule has 0 N–H and O–H groups in total. The van der Waals surface area contributed by atoms with Crippen LogP contribution in [0.1, 0.15) is 24.0 Å². The van der Waals surface area contributed by atoms with Crippen molar-refractivity contribution in [1.82, 2.24) is 9.88 Å². The molecule has 0 atom stereocenters. The first-order valence-electron chi connectivity index (χ1n) is 10.8. The molecule has 2 heterocycles. The Morgan fingerprint density at radius 1 is 1.23 bits per heavy atom. The van der Waals surface area contributed by atoms with Crippen molar-refractivity contribution in [1.29, 1.82) is 0 Å². The molecule has 5 nitrogen and oxygen atoms in total. The molecule has 0 bridgehead atoms. The Kier molecular flexibility index (Phi) is 7.56. The van der Waals surface area contributed by atoms with Crippen LogP contribution < -0.4 is 4.90 Å². The van der Waals surface area contributed by atoms with Crippen molar-refractivity contribution < 1.29 is 9.53 Å². The van der Waals surface area contributed by atoms with E-state index in [1.165, 1.54) is 5.56 Å². The van der Waals surface area contributed by atoms with Crippen molar-refractivity contribution in [3.05, 3.63) is 58.6 Å². The van der Waals surface area contributed by atoms with E-state index in [0.29, 0.717) is 18.0 Å². The molecule has 0 saturated carbocycles. The molecule has 1 aliphatic rings. The minimum absolute atomic E-state index is 0.119. The zero-order valence-electron chi connectivity index (χ0n) is 17.8. The van der Waals surface area contributed by atoms with E-state index in [4.69, 9.17) is 21.3 Å². The van der Waals surface area contributed by atoms with E-state index in [2.05, 4.69) is 17.0 Å². The first-order chi connectivity index (χ1) is 15.1. The van der Waals surface area contributed by atoms with E-state index in [1.54, 1.807) is 11.3 Å². The number of hydrogen-bond acceptors (Lipinski definition) is 5. The Balaban J connectivity index is 1.49. The SMILES string of the molecule is Cc1cc(Cl)cc2sc(N(CCCN3CCOCC3)C(=O)CCc3ccccc3)nc12. The highest BCUT2D eigenvalue weighted by molar-refractivity contribution is 7.22. The number of anilines is 1. The molecule has 1 aromatic heterocycles. The molecule has 3 aromatic rings. The summed E-state index contributed by atoms with van der Waals surface area (Å²) in [5.41, 5.74) is 3.14. The fraction of sp³-hybridized carbons (Fsp3) is 0.417. The monoisotopic (exact) mass is 457 g/mol. The van der Waals surface area contributed by atoms with Gasteiger partial charge in [-0.2, -0.15) is 0 Å². The van der Waals surface area contributed by atoms with Crippen LogP contribution in [0.15, 0.2) is 42.5 Å². The van der Waals surface area contributed by atoms with E-state index in [-0.39, 0.29) is 5.91 Å². The van der Waals surface area contributed by atoms with Crippen molar-refractivity contribution in [2.75, 3.05) is 44.3 Å². The summed E-state index contributed by atoms with van der Waals surface area (Å²) < 4.78 is 6.46. The molecule has 1 aliphatic heterocycles. The van der Waals surface area contributed by atoms with Crippen LogP contribution in [-0.4, -0.2) is 55.2 Å². The maximum atomic E-state index is 13.3. The first-order valence-corrected chi connectivity index (χ1v) is 12.0. The highest BCUT2D eigenvalue weighted by atomic mass is 35.5. The number of hydrogen-bond donors (Lipinski definition) is 0. The average Bonchev–Trinajstić information content (AvgIpc) is 3.20. The maximum absolute atomic E-state index is 13.3. The number of amides is 1. The van der Waals surface area contributed by atoms with Crippen molar-refractivity contribution in [3.8, 4) is 0 Å². The van der Waals surface area contributed by atoms with Gasteiger partial charge in [0.2, 0.25) is 5.91 Å². The van der Waals surface area contributed by atoms with Crippen LogP contribution in [0.5, 0.6) is 0 Å². The van der Waals surface area contributed by atoms with Crippen LogP contribution in [0.2, 0.25) is 5.02 Å². The number of rotatable bonds is 8. The van der Waals surface area contributed by atoms with Gasteiger partial charge in [0, 0.05) is 37.6 Å². The summed E-state index contributed by atoms with van der Waals surface area (Å²) in [4.78, 5) is 22.4. The molecular weight excluding hydrogens is 430 g/mol. The van der Waals surface area contributed by atoms with Gasteiger partial charge in [-0.15, -0.1) is 0 Å². The van der Waals surface area contributed by atoms with Crippen molar-refractivity contribution in [2.45, 2.75) is 26.2 Å². The molecule has 31 heavy (non-hydrogen) atoms. The highest BCUT2D eigenvalue weighted by Gasteiger charge is 2.21. The molecule has 2 aromatic carbocycles. The lowest BCUT2D eigenvalue weighted by atomic mass is 10.1. The quantitative estimate of drug-likeness (QED) is 0.480. The fourth-order valence-corrected chi connectivity index (χ4v) is 5.36. The van der Waals surface area contributed by atoms with Crippen molar-refractivity contribution >= 4 is 44.2 Å². The van der Waals surface area contributed by atoms with E-state index >= 15 is 0 Å². The molecule has 0 spiro atoms. The topological polar surface area (TPSA) is 45.7 Å². The number of aromatic nitrogens is 1. The summed E-state index contributed by atoms with van der Waals surface area (Å²) in [5, 5.41) is 1.47. The second kappa shape index (κ2) is 10.6. The predicted octanol–water partition coefficient (Wildman–Crippen LogP) is 4.95. The number of morpholine rings is 1. The number of carbonyl (C=O) groups excluding carboxylic acids is 1. The molecule has 0 aliphatic carbocycles. The van der Waals surface area contributed by atoms with E-state index in [1.807, 2.05) is 42.2 Å². The van der Waals surface area contributed by atoms with Gasteiger partial charge in [0.25, 0.3) is 0 Å². The molecule has 1 amide bonds. The maximum Gasteiger partial charge on any atom is 0.229 e. The van der Waals surface area contributed by atoms with Crippen molar-refractivity contribution in [2.24, 2.45) is 0 Å². The molecule has 4 rings (SSSR count). The third-order valence-electron chi connectivity index (χ3n) is 5.60. The normalized spacial score (nSPS) is 14.8. The van der Waals surface area contributed by atoms with Gasteiger partial charge in [-0.1, -0.05) is 53.3 Å². The Labute approximate surface area is 192 Å². The summed E-state index contributed by atoms with van der Waals surface area (Å²) in [5.74, 6) is 0.119. The predicted molar refractivity (Wildman–Crippen MR) is 128 cm³/mol. The third-order valence-corrected chi connectivity index (χ3v) is 6.84. The standard InChI is InChI=1S/C24H28ClN3O2S/c1-18-16-20(25)17-21-23(18)26-24(31-21)28(11-5-10-27-12-14-30-15-13-27)22(29)9-8-19-6-3-2-4-7-19/h2-4,6-7,16-17H,5,8-15H2,1H3. The highest BCUT2D eigenvalue weighted by Crippen LogP contribution is 2.33. The number of ether oxygens (including phenoxy) is 1. The van der Waals surface area contributed by atoms with Crippen LogP contribution in [0.4, 0.5) is 5.13 Å². The summed E-state index contributed by atoms with van der Waals surface area (Å²) in [6.07, 6.45) is 2.11. The second-order valence-electron chi connectivity index (χ2n) is 7.90. The number of aryl methyl sites for hydroxylation is 2. The number of fused-ring (bicyclic) bond motifs is 1. The fourth-order valence-electron chi connectivity index (χ4n) is 3.89. The second-order valence-corrected chi connectivity index (χ2v) is 9.35. The smallest absolute Gasteiger partial charge is 0.229 e. The van der Waals surface area contributed by atoms with Gasteiger partial charge in [0.1, 0.15) is 0 Å². The molecule has 1 saturated heterocycles. The summed E-state index contributed by atoms with van der Waals surface area (Å²) in [7, 11) is 0. The lowest BCUT2D eigenvalue weighted by molar-refractivity contribution is -0.118. The van der Waals surface area contributed by atoms with Crippen LogP contribution in [0.25, 0.3) is 10.2 Å². The van der Waals surface area contributed by atoms with Gasteiger partial charge in [-0.05, 0) is 43.0 Å². The van der Waals surface area contributed by atoms with Crippen LogP contribution in [0, 0.1) is 6.92 Å². The van der Waals surface area contributed by atoms with Gasteiger partial charge in [0.05, 0.1) is 23.4 Å². The molecule has 164 valence electrons. The van der Waals surface area contributed by atoms with Gasteiger partial charge in [0.15, 0.2) is 5.13 Å². The molecule has 1 fully saturated rings. The van der Waals surface area contributed by atoms with E-state index < -0.39 is 0 Å². The third kappa shape index (κ3) is 5.83. The number of nitrogens with zero attached hydrogens (tertiary/aromatic N) is 3. The number of benzene rings is 2. The van der Waals surface area contributed by atoms with Crippen LogP contribution in [0.3, 0.4) is 0 Å². The van der Waals surface area contributed by atoms with Crippen LogP contribution in [-0.2, 0) is 16.0 Å². The Morgan fingerprint density at radius 2 is 2.00 bits per heavy atom. The minimum atomic E-state index is 0.119. The van der Waals surface area contributed by atoms with Crippen LogP contribution >= 0.6 is 22.9 Å². The average molecular weight is 458 g/mol. The van der Waals surface area contributed by atoms with Gasteiger partial charge >= 0.3 is 0 Å². The zero-order chi connectivity index (χ0) is 21.6. The van der Waals surface area contributed by atoms with Gasteiger partial charge < -0.3 is 4.74 Å². The number of thiazole rings is 1. The molecular formula is C24H28ClN3O2S. The Hall–Kier alpha value is -1.99. The molecule has 0 radical (unpaired) electrons. The Morgan fingerprint density at radius 3 is 2.77 bits per heavy atom. The minimum Gasteiger partial charge on any atom is -0.379 e.